The number of nitrogens with zero attached hydrogens (tertiary/aromatic N) is 3. The van der Waals surface area contributed by atoms with Crippen LogP contribution in [0.1, 0.15) is 52.9 Å². The first-order valence-corrected chi connectivity index (χ1v) is 12.8. The van der Waals surface area contributed by atoms with Crippen LogP contribution >= 0.6 is 11.6 Å². The molecule has 11 heteroatoms. The van der Waals surface area contributed by atoms with Crippen molar-refractivity contribution in [1.82, 2.24) is 19.7 Å². The molecule has 1 fully saturated rings. The monoisotopic (exact) mass is 556 g/mol. The predicted octanol–water partition coefficient (Wildman–Crippen LogP) is 5.61. The van der Waals surface area contributed by atoms with E-state index in [1.807, 2.05) is 6.07 Å². The van der Waals surface area contributed by atoms with Gasteiger partial charge in [-0.05, 0) is 48.1 Å². The van der Waals surface area contributed by atoms with E-state index in [4.69, 9.17) is 11.6 Å². The van der Waals surface area contributed by atoms with Crippen molar-refractivity contribution in [2.75, 3.05) is 0 Å². The molecular weight excluding hydrogens is 533 g/mol. The van der Waals surface area contributed by atoms with Gasteiger partial charge in [-0.15, -0.1) is 0 Å². The minimum atomic E-state index is -4.62. The number of benzene rings is 2. The lowest BCUT2D eigenvalue weighted by Gasteiger charge is -2.19. The summed E-state index contributed by atoms with van der Waals surface area (Å²) in [7, 11) is 0. The van der Waals surface area contributed by atoms with E-state index < -0.39 is 24.2 Å². The lowest BCUT2D eigenvalue weighted by atomic mass is 9.94. The molecule has 1 amide bonds. The third kappa shape index (κ3) is 5.61. The second kappa shape index (κ2) is 10.3. The molecule has 0 saturated heterocycles. The van der Waals surface area contributed by atoms with Gasteiger partial charge in [0, 0.05) is 28.4 Å². The molecule has 39 heavy (non-hydrogen) atoms. The first kappa shape index (κ1) is 26.7. The van der Waals surface area contributed by atoms with Gasteiger partial charge in [0.05, 0.1) is 17.9 Å². The first-order chi connectivity index (χ1) is 18.6. The number of rotatable bonds is 8. The molecule has 0 aliphatic heterocycles. The molecule has 202 valence electrons. The molecule has 0 bridgehead atoms. The molecule has 1 aliphatic carbocycles. The molecule has 7 nitrogen and oxygen atoms in total. The van der Waals surface area contributed by atoms with Crippen molar-refractivity contribution in [2.24, 2.45) is 0 Å². The second-order valence-corrected chi connectivity index (χ2v) is 9.93. The molecule has 2 aromatic heterocycles. The zero-order valence-corrected chi connectivity index (χ0v) is 21.6. The number of hydrogen-bond acceptors (Lipinski definition) is 4. The molecule has 0 unspecified atom stereocenters. The number of ketones is 1. The minimum absolute atomic E-state index is 0.0415. The number of carbonyl (C=O) groups is 2. The Kier molecular flexibility index (Phi) is 7.07. The summed E-state index contributed by atoms with van der Waals surface area (Å²) in [5.74, 6) is -1.01. The van der Waals surface area contributed by atoms with Crippen LogP contribution in [0.2, 0.25) is 5.02 Å². The van der Waals surface area contributed by atoms with Gasteiger partial charge < -0.3 is 5.32 Å². The maximum absolute atomic E-state index is 13.8. The molecule has 0 spiro atoms. The summed E-state index contributed by atoms with van der Waals surface area (Å²) in [6, 6.07) is 14.9. The lowest BCUT2D eigenvalue weighted by Crippen LogP contribution is -2.30. The Labute approximate surface area is 226 Å². The highest BCUT2D eigenvalue weighted by Crippen LogP contribution is 2.33. The average Bonchev–Trinajstić information content (AvgIpc) is 3.62. The third-order valence-corrected chi connectivity index (χ3v) is 6.74. The fourth-order valence-electron chi connectivity index (χ4n) is 4.59. The van der Waals surface area contributed by atoms with Gasteiger partial charge in [0.2, 0.25) is 0 Å². The SMILES string of the molecule is CCC(=O)c1c(-c2ccccc2)c2cc(Cl)ccc2c(=O)n1Cc1cc(C(=O)NC2CC2)n(CC(F)(F)F)n1. The van der Waals surface area contributed by atoms with Crippen LogP contribution in [0.25, 0.3) is 21.9 Å². The van der Waals surface area contributed by atoms with Gasteiger partial charge in [-0.3, -0.25) is 23.6 Å². The number of Topliss-reactive ketones (excluding diaryl/α,β-unsaturated/α-hetero) is 1. The fraction of sp³-hybridized carbons (Fsp3) is 0.286. The van der Waals surface area contributed by atoms with E-state index in [-0.39, 0.29) is 47.3 Å². The second-order valence-electron chi connectivity index (χ2n) is 9.49. The van der Waals surface area contributed by atoms with Crippen LogP contribution in [0.15, 0.2) is 59.4 Å². The van der Waals surface area contributed by atoms with E-state index >= 15 is 0 Å². The topological polar surface area (TPSA) is 86.0 Å². The molecule has 1 aliphatic rings. The van der Waals surface area contributed by atoms with Gasteiger partial charge >= 0.3 is 6.18 Å². The molecule has 0 radical (unpaired) electrons. The Balaban J connectivity index is 1.72. The summed E-state index contributed by atoms with van der Waals surface area (Å²) < 4.78 is 41.8. The Morgan fingerprint density at radius 3 is 2.44 bits per heavy atom. The average molecular weight is 557 g/mol. The highest BCUT2D eigenvalue weighted by Gasteiger charge is 2.33. The molecule has 2 aromatic carbocycles. The fourth-order valence-corrected chi connectivity index (χ4v) is 4.77. The summed E-state index contributed by atoms with van der Waals surface area (Å²) in [5, 5.41) is 7.88. The zero-order valence-electron chi connectivity index (χ0n) is 20.9. The summed E-state index contributed by atoms with van der Waals surface area (Å²) >= 11 is 6.27. The number of pyridine rings is 1. The molecule has 2 heterocycles. The molecule has 0 atom stereocenters. The zero-order chi connectivity index (χ0) is 27.9. The molecule has 5 rings (SSSR count). The van der Waals surface area contributed by atoms with Crippen molar-refractivity contribution in [1.29, 1.82) is 0 Å². The first-order valence-electron chi connectivity index (χ1n) is 12.4. The molecular formula is C28H24ClF3N4O3. The van der Waals surface area contributed by atoms with Crippen LogP contribution in [-0.2, 0) is 13.1 Å². The Morgan fingerprint density at radius 1 is 1.08 bits per heavy atom. The number of aromatic nitrogens is 3. The van der Waals surface area contributed by atoms with Gasteiger partial charge in [-0.2, -0.15) is 18.3 Å². The van der Waals surface area contributed by atoms with E-state index in [0.29, 0.717) is 26.2 Å². The summed E-state index contributed by atoms with van der Waals surface area (Å²) in [6.07, 6.45) is -3.04. The van der Waals surface area contributed by atoms with Gasteiger partial charge in [0.15, 0.2) is 5.78 Å². The smallest absolute Gasteiger partial charge is 0.348 e. The lowest BCUT2D eigenvalue weighted by molar-refractivity contribution is -0.142. The van der Waals surface area contributed by atoms with Gasteiger partial charge in [-0.25, -0.2) is 0 Å². The molecule has 1 saturated carbocycles. The van der Waals surface area contributed by atoms with E-state index in [1.54, 1.807) is 49.4 Å². The number of alkyl halides is 3. The third-order valence-electron chi connectivity index (χ3n) is 6.51. The highest BCUT2D eigenvalue weighted by atomic mass is 35.5. The number of nitrogens with one attached hydrogen (secondary N) is 1. The summed E-state index contributed by atoms with van der Waals surface area (Å²) in [5.41, 5.74) is 0.509. The number of fused-ring (bicyclic) bond motifs is 1. The molecule has 4 aromatic rings. The maximum Gasteiger partial charge on any atom is 0.408 e. The Bertz CT molecular complexity index is 1640. The normalized spacial score (nSPS) is 13.6. The van der Waals surface area contributed by atoms with Crippen LogP contribution in [-0.4, -0.2) is 38.3 Å². The Morgan fingerprint density at radius 2 is 1.79 bits per heavy atom. The van der Waals surface area contributed by atoms with Crippen LogP contribution in [0, 0.1) is 0 Å². The van der Waals surface area contributed by atoms with E-state index in [1.165, 1.54) is 10.6 Å². The summed E-state index contributed by atoms with van der Waals surface area (Å²) in [4.78, 5) is 39.8. The maximum atomic E-state index is 13.8. The van der Waals surface area contributed by atoms with E-state index in [9.17, 15) is 27.6 Å². The number of carbonyl (C=O) groups excluding carboxylic acids is 2. The van der Waals surface area contributed by atoms with Crippen molar-refractivity contribution >= 4 is 34.1 Å². The summed E-state index contributed by atoms with van der Waals surface area (Å²) in [6.45, 7) is -0.124. The van der Waals surface area contributed by atoms with E-state index in [0.717, 1.165) is 12.8 Å². The van der Waals surface area contributed by atoms with E-state index in [2.05, 4.69) is 10.4 Å². The standard InChI is InChI=1S/C28H24ClF3N4O3/c1-2-23(37)25-24(16-6-4-3-5-7-16)21-12-17(29)8-11-20(21)27(39)35(25)14-19-13-22(26(38)33-18-9-10-18)36(34-19)15-28(30,31)32/h3-8,11-13,18H,2,9-10,14-15H2,1H3,(H,33,38). The number of hydrogen-bond donors (Lipinski definition) is 1. The van der Waals surface area contributed by atoms with Crippen LogP contribution in [0.3, 0.4) is 0 Å². The van der Waals surface area contributed by atoms with Crippen molar-refractivity contribution in [2.45, 2.75) is 51.5 Å². The van der Waals surface area contributed by atoms with Crippen LogP contribution < -0.4 is 10.9 Å². The quantitative estimate of drug-likeness (QED) is 0.286. The van der Waals surface area contributed by atoms with Crippen molar-refractivity contribution in [3.05, 3.63) is 87.1 Å². The molecule has 1 N–H and O–H groups in total. The van der Waals surface area contributed by atoms with Crippen molar-refractivity contribution in [3.63, 3.8) is 0 Å². The number of halogens is 4. The number of amides is 1. The van der Waals surface area contributed by atoms with Gasteiger partial charge in [0.1, 0.15) is 12.2 Å². The van der Waals surface area contributed by atoms with Crippen LogP contribution in [0.5, 0.6) is 0 Å². The minimum Gasteiger partial charge on any atom is -0.348 e. The van der Waals surface area contributed by atoms with Crippen molar-refractivity contribution in [3.8, 4) is 11.1 Å². The van der Waals surface area contributed by atoms with Crippen LogP contribution in [0.4, 0.5) is 13.2 Å². The van der Waals surface area contributed by atoms with Gasteiger partial charge in [-0.1, -0.05) is 48.9 Å². The predicted molar refractivity (Wildman–Crippen MR) is 141 cm³/mol. The largest absolute Gasteiger partial charge is 0.408 e. The van der Waals surface area contributed by atoms with Crippen molar-refractivity contribution < 1.29 is 22.8 Å². The Hall–Kier alpha value is -3.92. The highest BCUT2D eigenvalue weighted by molar-refractivity contribution is 6.31. The van der Waals surface area contributed by atoms with Gasteiger partial charge in [0.25, 0.3) is 11.5 Å².